The average molecular weight is 430 g/mol. The van der Waals surface area contributed by atoms with Gasteiger partial charge in [-0.1, -0.05) is 12.1 Å². The first-order valence-corrected chi connectivity index (χ1v) is 9.92. The maximum absolute atomic E-state index is 12.8. The normalized spacial score (nSPS) is 16.7. The second kappa shape index (κ2) is 10.6. The van der Waals surface area contributed by atoms with E-state index in [0.29, 0.717) is 5.75 Å². The first kappa shape index (κ1) is 22.4. The van der Waals surface area contributed by atoms with Gasteiger partial charge in [0.15, 0.2) is 5.76 Å². The summed E-state index contributed by atoms with van der Waals surface area (Å²) in [6.45, 7) is 0.808. The van der Waals surface area contributed by atoms with Gasteiger partial charge in [0, 0.05) is 19.6 Å². The first-order chi connectivity index (χ1) is 15.0. The third kappa shape index (κ3) is 6.08. The zero-order chi connectivity index (χ0) is 22.2. The molecule has 0 spiro atoms. The quantitative estimate of drug-likeness (QED) is 0.588. The van der Waals surface area contributed by atoms with Crippen LogP contribution in [0.25, 0.3) is 0 Å². The Hall–Kier alpha value is -3.33. The number of carbonyl (C=O) groups is 3. The zero-order valence-corrected chi connectivity index (χ0v) is 17.6. The summed E-state index contributed by atoms with van der Waals surface area (Å²) in [5, 5.41) is 0. The standard InChI is InChI=1S/C22H26N2O7/c1-28-17-6-3-5-16(11-17)15-31-18-12-23(9-8-21(26)29-2)20(25)14-24(13-18)22(27)19-7-4-10-30-19/h3-7,10-11,18H,8-9,12-15H2,1-2H3/t18-/m0/s1. The van der Waals surface area contributed by atoms with E-state index < -0.39 is 12.1 Å². The molecule has 9 heteroatoms. The van der Waals surface area contributed by atoms with E-state index in [1.165, 1.54) is 23.2 Å². The molecule has 1 aromatic carbocycles. The van der Waals surface area contributed by atoms with Crippen LogP contribution in [0.5, 0.6) is 5.75 Å². The largest absolute Gasteiger partial charge is 0.497 e. The SMILES string of the molecule is COC(=O)CCN1C[C@H](OCc2cccc(OC)c2)CN(C(=O)c2ccco2)CC1=O. The van der Waals surface area contributed by atoms with Crippen molar-refractivity contribution in [2.45, 2.75) is 19.1 Å². The minimum atomic E-state index is -0.450. The zero-order valence-electron chi connectivity index (χ0n) is 17.6. The second-order valence-electron chi connectivity index (χ2n) is 7.11. The van der Waals surface area contributed by atoms with Gasteiger partial charge in [-0.15, -0.1) is 0 Å². The van der Waals surface area contributed by atoms with Gasteiger partial charge in [0.2, 0.25) is 5.91 Å². The molecule has 1 atom stereocenters. The van der Waals surface area contributed by atoms with Crippen LogP contribution in [0, 0.1) is 0 Å². The van der Waals surface area contributed by atoms with E-state index in [0.717, 1.165) is 5.56 Å². The van der Waals surface area contributed by atoms with Crippen LogP contribution in [0.2, 0.25) is 0 Å². The monoisotopic (exact) mass is 430 g/mol. The smallest absolute Gasteiger partial charge is 0.307 e. The van der Waals surface area contributed by atoms with E-state index in [9.17, 15) is 14.4 Å². The van der Waals surface area contributed by atoms with E-state index in [4.69, 9.17) is 13.9 Å². The molecule has 0 saturated carbocycles. The van der Waals surface area contributed by atoms with Crippen molar-refractivity contribution < 1.29 is 33.0 Å². The van der Waals surface area contributed by atoms with E-state index in [1.807, 2.05) is 24.3 Å². The lowest BCUT2D eigenvalue weighted by Crippen LogP contribution is -2.40. The number of hydrogen-bond donors (Lipinski definition) is 0. The maximum Gasteiger partial charge on any atom is 0.307 e. The van der Waals surface area contributed by atoms with Crippen molar-refractivity contribution in [3.63, 3.8) is 0 Å². The average Bonchev–Trinajstić information content (AvgIpc) is 3.28. The van der Waals surface area contributed by atoms with E-state index in [2.05, 4.69) is 4.74 Å². The van der Waals surface area contributed by atoms with Gasteiger partial charge in [0.1, 0.15) is 12.3 Å². The summed E-state index contributed by atoms with van der Waals surface area (Å²) in [6.07, 6.45) is 1.03. The number of nitrogens with zero attached hydrogens (tertiary/aromatic N) is 2. The Labute approximate surface area is 180 Å². The van der Waals surface area contributed by atoms with Gasteiger partial charge in [-0.25, -0.2) is 0 Å². The number of benzene rings is 1. The Kier molecular flexibility index (Phi) is 7.66. The summed E-state index contributed by atoms with van der Waals surface area (Å²) < 4.78 is 21.2. The number of hydrogen-bond acceptors (Lipinski definition) is 7. The lowest BCUT2D eigenvalue weighted by atomic mass is 10.2. The molecule has 2 aromatic rings. The van der Waals surface area contributed by atoms with Crippen LogP contribution in [-0.2, 0) is 25.7 Å². The molecular weight excluding hydrogens is 404 g/mol. The molecule has 0 bridgehead atoms. The fraction of sp³-hybridized carbons (Fsp3) is 0.409. The fourth-order valence-electron chi connectivity index (χ4n) is 3.32. The number of carbonyl (C=O) groups excluding carboxylic acids is 3. The molecule has 0 radical (unpaired) electrons. The van der Waals surface area contributed by atoms with Crippen molar-refractivity contribution in [3.05, 3.63) is 54.0 Å². The molecule has 2 amide bonds. The Balaban J connectivity index is 1.73. The molecule has 31 heavy (non-hydrogen) atoms. The van der Waals surface area contributed by atoms with Gasteiger partial charge < -0.3 is 28.4 Å². The Morgan fingerprint density at radius 3 is 2.71 bits per heavy atom. The molecule has 3 rings (SSSR count). The number of ether oxygens (including phenoxy) is 3. The van der Waals surface area contributed by atoms with Crippen molar-refractivity contribution in [1.82, 2.24) is 9.80 Å². The van der Waals surface area contributed by atoms with Gasteiger partial charge >= 0.3 is 5.97 Å². The van der Waals surface area contributed by atoms with Crippen molar-refractivity contribution in [3.8, 4) is 5.75 Å². The molecular formula is C22H26N2O7. The summed E-state index contributed by atoms with van der Waals surface area (Å²) in [5.41, 5.74) is 0.903. The van der Waals surface area contributed by atoms with Crippen LogP contribution in [0.15, 0.2) is 47.1 Å². The summed E-state index contributed by atoms with van der Waals surface area (Å²) in [7, 11) is 2.89. The number of furan rings is 1. The van der Waals surface area contributed by atoms with Crippen molar-refractivity contribution in [1.29, 1.82) is 0 Å². The molecule has 1 fully saturated rings. The van der Waals surface area contributed by atoms with Gasteiger partial charge in [0.25, 0.3) is 5.91 Å². The van der Waals surface area contributed by atoms with Gasteiger partial charge in [-0.05, 0) is 29.8 Å². The van der Waals surface area contributed by atoms with Crippen LogP contribution in [0.3, 0.4) is 0 Å². The number of rotatable bonds is 8. The van der Waals surface area contributed by atoms with E-state index in [-0.39, 0.29) is 56.8 Å². The highest BCUT2D eigenvalue weighted by Gasteiger charge is 2.32. The summed E-state index contributed by atoms with van der Waals surface area (Å²) in [5.74, 6) is -0.192. The molecule has 166 valence electrons. The molecule has 0 N–H and O–H groups in total. The number of esters is 1. The molecule has 1 saturated heterocycles. The van der Waals surface area contributed by atoms with Gasteiger partial charge in [-0.2, -0.15) is 0 Å². The van der Waals surface area contributed by atoms with Crippen LogP contribution in [0.1, 0.15) is 22.5 Å². The third-order valence-corrected chi connectivity index (χ3v) is 4.98. The highest BCUT2D eigenvalue weighted by molar-refractivity contribution is 5.94. The van der Waals surface area contributed by atoms with Crippen LogP contribution in [0.4, 0.5) is 0 Å². The minimum Gasteiger partial charge on any atom is -0.497 e. The van der Waals surface area contributed by atoms with Gasteiger partial charge in [0.05, 0.1) is 39.6 Å². The predicted molar refractivity (Wildman–Crippen MR) is 109 cm³/mol. The summed E-state index contributed by atoms with van der Waals surface area (Å²) in [4.78, 5) is 40.1. The molecule has 1 aromatic heterocycles. The maximum atomic E-state index is 12.8. The van der Waals surface area contributed by atoms with E-state index >= 15 is 0 Å². The fourth-order valence-corrected chi connectivity index (χ4v) is 3.32. The van der Waals surface area contributed by atoms with Crippen molar-refractivity contribution in [2.24, 2.45) is 0 Å². The van der Waals surface area contributed by atoms with Crippen LogP contribution in [-0.4, -0.2) is 74.1 Å². The minimum absolute atomic E-state index is 0.0664. The molecule has 0 aliphatic carbocycles. The van der Waals surface area contributed by atoms with Gasteiger partial charge in [-0.3, -0.25) is 14.4 Å². The van der Waals surface area contributed by atoms with Crippen molar-refractivity contribution in [2.75, 3.05) is 40.4 Å². The van der Waals surface area contributed by atoms with E-state index in [1.54, 1.807) is 19.2 Å². The topological polar surface area (TPSA) is 98.5 Å². The molecule has 1 aliphatic rings. The Morgan fingerprint density at radius 1 is 1.16 bits per heavy atom. The van der Waals surface area contributed by atoms with Crippen molar-refractivity contribution >= 4 is 17.8 Å². The van der Waals surface area contributed by atoms with Crippen LogP contribution >= 0.6 is 0 Å². The second-order valence-corrected chi connectivity index (χ2v) is 7.11. The summed E-state index contributed by atoms with van der Waals surface area (Å²) >= 11 is 0. The lowest BCUT2D eigenvalue weighted by molar-refractivity contribution is -0.142. The number of amides is 2. The Bertz CT molecular complexity index is 897. The molecule has 1 aliphatic heterocycles. The predicted octanol–water partition coefficient (Wildman–Crippen LogP) is 1.72. The highest BCUT2D eigenvalue weighted by atomic mass is 16.5. The Morgan fingerprint density at radius 2 is 2.00 bits per heavy atom. The number of methoxy groups -OCH3 is 2. The lowest BCUT2D eigenvalue weighted by Gasteiger charge is -2.24. The first-order valence-electron chi connectivity index (χ1n) is 9.92. The van der Waals surface area contributed by atoms with Crippen LogP contribution < -0.4 is 4.74 Å². The highest BCUT2D eigenvalue weighted by Crippen LogP contribution is 2.17. The molecule has 0 unspecified atom stereocenters. The third-order valence-electron chi connectivity index (χ3n) is 4.98. The molecule has 2 heterocycles. The molecule has 9 nitrogen and oxygen atoms in total. The summed E-state index contributed by atoms with van der Waals surface area (Å²) in [6, 6.07) is 10.6.